The Labute approximate surface area is 206 Å². The normalized spacial score (nSPS) is 15.9. The fraction of sp³-hybridized carbons (Fsp3) is 0.296. The fourth-order valence-corrected chi connectivity index (χ4v) is 5.84. The van der Waals surface area contributed by atoms with Crippen molar-refractivity contribution in [1.29, 1.82) is 0 Å². The third-order valence-electron chi connectivity index (χ3n) is 6.74. The maximum Gasteiger partial charge on any atom is 0.243 e. The standard InChI is InChI=1S/C27H29N5O2S/c1-3-20(2)21-10-12-23(13-11-21)35(33,34)32-17-15-31(16-18-32)27-24-8-4-5-9-25(24)29-26(30-27)22-7-6-14-28-19-22/h4-14,19-20H,3,15-18H2,1-2H3/t20-/m0/s1. The summed E-state index contributed by atoms with van der Waals surface area (Å²) in [6.45, 7) is 6.19. The molecule has 2 aromatic heterocycles. The number of anilines is 1. The van der Waals surface area contributed by atoms with E-state index in [1.54, 1.807) is 28.8 Å². The van der Waals surface area contributed by atoms with Crippen LogP contribution in [0.4, 0.5) is 5.82 Å². The number of sulfonamides is 1. The summed E-state index contributed by atoms with van der Waals surface area (Å²) < 4.78 is 28.2. The van der Waals surface area contributed by atoms with Gasteiger partial charge in [0.1, 0.15) is 5.82 Å². The lowest BCUT2D eigenvalue weighted by Crippen LogP contribution is -2.49. The van der Waals surface area contributed by atoms with Crippen LogP contribution in [-0.2, 0) is 10.0 Å². The Kier molecular flexibility index (Phi) is 6.49. The van der Waals surface area contributed by atoms with Gasteiger partial charge in [-0.25, -0.2) is 18.4 Å². The smallest absolute Gasteiger partial charge is 0.243 e. The molecule has 0 N–H and O–H groups in total. The Morgan fingerprint density at radius 2 is 1.66 bits per heavy atom. The Hall–Kier alpha value is -3.36. The van der Waals surface area contributed by atoms with E-state index in [-0.39, 0.29) is 0 Å². The predicted molar refractivity (Wildman–Crippen MR) is 139 cm³/mol. The van der Waals surface area contributed by atoms with Crippen molar-refractivity contribution in [3.05, 3.63) is 78.6 Å². The number of piperazine rings is 1. The molecule has 0 spiro atoms. The first-order chi connectivity index (χ1) is 17.0. The zero-order valence-corrected chi connectivity index (χ0v) is 20.8. The van der Waals surface area contributed by atoms with E-state index in [0.717, 1.165) is 34.3 Å². The summed E-state index contributed by atoms with van der Waals surface area (Å²) in [5.74, 6) is 1.85. The molecule has 1 aliphatic heterocycles. The van der Waals surface area contributed by atoms with E-state index in [2.05, 4.69) is 23.7 Å². The van der Waals surface area contributed by atoms with Gasteiger partial charge in [-0.05, 0) is 54.3 Å². The highest BCUT2D eigenvalue weighted by Crippen LogP contribution is 2.29. The van der Waals surface area contributed by atoms with Crippen LogP contribution in [0.3, 0.4) is 0 Å². The lowest BCUT2D eigenvalue weighted by molar-refractivity contribution is 0.384. The molecule has 2 aromatic carbocycles. The van der Waals surface area contributed by atoms with E-state index >= 15 is 0 Å². The van der Waals surface area contributed by atoms with Gasteiger partial charge in [0.15, 0.2) is 5.82 Å². The van der Waals surface area contributed by atoms with Crippen molar-refractivity contribution in [2.24, 2.45) is 0 Å². The lowest BCUT2D eigenvalue weighted by atomic mass is 9.99. The molecule has 0 aliphatic carbocycles. The molecule has 1 fully saturated rings. The quantitative estimate of drug-likeness (QED) is 0.392. The van der Waals surface area contributed by atoms with Crippen LogP contribution in [0.5, 0.6) is 0 Å². The topological polar surface area (TPSA) is 79.3 Å². The predicted octanol–water partition coefficient (Wildman–Crippen LogP) is 4.72. The van der Waals surface area contributed by atoms with Gasteiger partial charge in [-0.2, -0.15) is 4.31 Å². The fourth-order valence-electron chi connectivity index (χ4n) is 4.42. The second kappa shape index (κ2) is 9.71. The number of benzene rings is 2. The summed E-state index contributed by atoms with van der Waals surface area (Å²) in [6, 6.07) is 19.1. The van der Waals surface area contributed by atoms with Gasteiger partial charge in [-0.15, -0.1) is 0 Å². The number of para-hydroxylation sites is 1. The highest BCUT2D eigenvalue weighted by Gasteiger charge is 2.30. The first-order valence-electron chi connectivity index (χ1n) is 12.0. The van der Waals surface area contributed by atoms with Crippen molar-refractivity contribution >= 4 is 26.7 Å². The van der Waals surface area contributed by atoms with Crippen LogP contribution < -0.4 is 4.90 Å². The van der Waals surface area contributed by atoms with Gasteiger partial charge in [0.05, 0.1) is 10.4 Å². The first kappa shape index (κ1) is 23.4. The molecule has 8 heteroatoms. The molecule has 0 saturated carbocycles. The lowest BCUT2D eigenvalue weighted by Gasteiger charge is -2.35. The Balaban J connectivity index is 1.39. The van der Waals surface area contributed by atoms with Crippen molar-refractivity contribution in [2.45, 2.75) is 31.1 Å². The van der Waals surface area contributed by atoms with Crippen LogP contribution in [0.2, 0.25) is 0 Å². The first-order valence-corrected chi connectivity index (χ1v) is 13.4. The summed E-state index contributed by atoms with van der Waals surface area (Å²) in [6.07, 6.45) is 4.50. The van der Waals surface area contributed by atoms with Gasteiger partial charge in [0.2, 0.25) is 10.0 Å². The molecule has 35 heavy (non-hydrogen) atoms. The average molecular weight is 488 g/mol. The number of nitrogens with zero attached hydrogens (tertiary/aromatic N) is 5. The molecule has 0 unspecified atom stereocenters. The molecule has 0 bridgehead atoms. The zero-order valence-electron chi connectivity index (χ0n) is 20.0. The molecule has 0 radical (unpaired) electrons. The second-order valence-corrected chi connectivity index (χ2v) is 10.8. The van der Waals surface area contributed by atoms with Crippen LogP contribution in [0.1, 0.15) is 31.7 Å². The van der Waals surface area contributed by atoms with Crippen molar-refractivity contribution < 1.29 is 8.42 Å². The minimum atomic E-state index is -3.54. The molecule has 1 atom stereocenters. The third-order valence-corrected chi connectivity index (χ3v) is 8.65. The van der Waals surface area contributed by atoms with Gasteiger partial charge in [-0.1, -0.05) is 38.1 Å². The molecule has 180 valence electrons. The minimum absolute atomic E-state index is 0.351. The third kappa shape index (κ3) is 4.63. The van der Waals surface area contributed by atoms with Crippen molar-refractivity contribution in [3.8, 4) is 11.4 Å². The van der Waals surface area contributed by atoms with Gasteiger partial charge in [0, 0.05) is 49.5 Å². The van der Waals surface area contributed by atoms with Crippen molar-refractivity contribution in [1.82, 2.24) is 19.3 Å². The van der Waals surface area contributed by atoms with E-state index in [0.29, 0.717) is 42.8 Å². The average Bonchev–Trinajstić information content (AvgIpc) is 2.92. The highest BCUT2D eigenvalue weighted by molar-refractivity contribution is 7.89. The van der Waals surface area contributed by atoms with Gasteiger partial charge >= 0.3 is 0 Å². The molecule has 0 amide bonds. The van der Waals surface area contributed by atoms with E-state index in [4.69, 9.17) is 9.97 Å². The second-order valence-electron chi connectivity index (χ2n) is 8.90. The monoisotopic (exact) mass is 487 g/mol. The molecule has 5 rings (SSSR count). The number of fused-ring (bicyclic) bond motifs is 1. The van der Waals surface area contributed by atoms with Crippen LogP contribution in [0.15, 0.2) is 78.0 Å². The van der Waals surface area contributed by atoms with E-state index < -0.39 is 10.0 Å². The number of hydrogen-bond acceptors (Lipinski definition) is 6. The van der Waals surface area contributed by atoms with Gasteiger partial charge < -0.3 is 4.90 Å². The Morgan fingerprint density at radius 1 is 0.914 bits per heavy atom. The summed E-state index contributed by atoms with van der Waals surface area (Å²) >= 11 is 0. The summed E-state index contributed by atoms with van der Waals surface area (Å²) in [5.41, 5.74) is 2.87. The van der Waals surface area contributed by atoms with Crippen LogP contribution in [0, 0.1) is 0 Å². The Morgan fingerprint density at radius 3 is 2.34 bits per heavy atom. The molecular formula is C27H29N5O2S. The largest absolute Gasteiger partial charge is 0.353 e. The number of aromatic nitrogens is 3. The molecule has 4 aromatic rings. The van der Waals surface area contributed by atoms with E-state index in [1.165, 1.54) is 0 Å². The molecule has 7 nitrogen and oxygen atoms in total. The van der Waals surface area contributed by atoms with Crippen LogP contribution in [-0.4, -0.2) is 53.9 Å². The highest BCUT2D eigenvalue weighted by atomic mass is 32.2. The van der Waals surface area contributed by atoms with Crippen molar-refractivity contribution in [2.75, 3.05) is 31.1 Å². The summed E-state index contributed by atoms with van der Waals surface area (Å²) in [5, 5.41) is 0.956. The summed E-state index contributed by atoms with van der Waals surface area (Å²) in [4.78, 5) is 16.3. The van der Waals surface area contributed by atoms with Crippen LogP contribution in [0.25, 0.3) is 22.3 Å². The zero-order chi connectivity index (χ0) is 24.4. The number of pyridine rings is 1. The van der Waals surface area contributed by atoms with Gasteiger partial charge in [0.25, 0.3) is 0 Å². The number of hydrogen-bond donors (Lipinski definition) is 0. The maximum atomic E-state index is 13.3. The SMILES string of the molecule is CC[C@H](C)c1ccc(S(=O)(=O)N2CCN(c3nc(-c4cccnc4)nc4ccccc34)CC2)cc1. The summed E-state index contributed by atoms with van der Waals surface area (Å²) in [7, 11) is -3.54. The van der Waals surface area contributed by atoms with E-state index in [9.17, 15) is 8.42 Å². The molecule has 1 saturated heterocycles. The van der Waals surface area contributed by atoms with Crippen molar-refractivity contribution in [3.63, 3.8) is 0 Å². The van der Waals surface area contributed by atoms with E-state index in [1.807, 2.05) is 48.5 Å². The molecule has 1 aliphatic rings. The van der Waals surface area contributed by atoms with Gasteiger partial charge in [-0.3, -0.25) is 4.98 Å². The maximum absolute atomic E-state index is 13.3. The minimum Gasteiger partial charge on any atom is -0.353 e. The molecule has 3 heterocycles. The van der Waals surface area contributed by atoms with Crippen LogP contribution >= 0.6 is 0 Å². The molecular weight excluding hydrogens is 458 g/mol. The Bertz CT molecular complexity index is 1420. The number of rotatable bonds is 6.